The zero-order valence-electron chi connectivity index (χ0n) is 20.6. The summed E-state index contributed by atoms with van der Waals surface area (Å²) < 4.78 is 5.58. The molecule has 0 saturated carbocycles. The number of hydrogen-bond donors (Lipinski definition) is 1. The fraction of sp³-hybridized carbons (Fsp3) is 0.429. The predicted molar refractivity (Wildman–Crippen MR) is 136 cm³/mol. The second-order valence-corrected chi connectivity index (χ2v) is 9.38. The van der Waals surface area contributed by atoms with Crippen LogP contribution in [0.4, 0.5) is 0 Å². The minimum atomic E-state index is -0.365. The van der Waals surface area contributed by atoms with Gasteiger partial charge in [-0.2, -0.15) is 0 Å². The Bertz CT molecular complexity index is 1120. The van der Waals surface area contributed by atoms with Crippen LogP contribution in [0.1, 0.15) is 49.7 Å². The highest BCUT2D eigenvalue weighted by Crippen LogP contribution is 2.38. The molecule has 0 spiro atoms. The van der Waals surface area contributed by atoms with Crippen molar-refractivity contribution in [2.75, 3.05) is 32.9 Å². The summed E-state index contributed by atoms with van der Waals surface area (Å²) in [7, 11) is 0. The fourth-order valence-electron chi connectivity index (χ4n) is 5.07. The third-order valence-electron chi connectivity index (χ3n) is 6.53. The van der Waals surface area contributed by atoms with E-state index < -0.39 is 0 Å². The molecule has 180 valence electrons. The van der Waals surface area contributed by atoms with Gasteiger partial charge < -0.3 is 14.7 Å². The first-order valence-electron chi connectivity index (χ1n) is 12.2. The summed E-state index contributed by atoms with van der Waals surface area (Å²) in [5.41, 5.74) is 3.90. The summed E-state index contributed by atoms with van der Waals surface area (Å²) >= 11 is 0. The Kier molecular flexibility index (Phi) is 7.61. The van der Waals surface area contributed by atoms with Crippen molar-refractivity contribution in [3.8, 4) is 11.3 Å². The number of benzene rings is 2. The Balaban J connectivity index is 2.06. The SMILES string of the molecule is CC(C)N(C(=O)c1c(C(CO)N2CCOCC2)c(-c2ccccc2)nc2ccccc12)C(C)C. The largest absolute Gasteiger partial charge is 0.394 e. The zero-order chi connectivity index (χ0) is 24.2. The number of ether oxygens (including phenoxy) is 1. The Morgan fingerprint density at radius 3 is 2.24 bits per heavy atom. The first-order chi connectivity index (χ1) is 16.4. The second kappa shape index (κ2) is 10.6. The average Bonchev–Trinajstić information content (AvgIpc) is 2.84. The van der Waals surface area contributed by atoms with E-state index in [1.54, 1.807) is 0 Å². The number of amides is 1. The summed E-state index contributed by atoms with van der Waals surface area (Å²) in [6, 6.07) is 17.5. The summed E-state index contributed by atoms with van der Waals surface area (Å²) in [5.74, 6) is -0.0255. The lowest BCUT2D eigenvalue weighted by Gasteiger charge is -2.37. The summed E-state index contributed by atoms with van der Waals surface area (Å²) in [6.07, 6.45) is 0. The number of morpholine rings is 1. The standard InChI is InChI=1S/C28H35N3O3/c1-19(2)31(20(3)4)28(33)25-22-12-8-9-13-23(22)29-27(21-10-6-5-7-11-21)26(25)24(18-32)30-14-16-34-17-15-30/h5-13,19-20,24,32H,14-18H2,1-4H3. The number of hydrogen-bond acceptors (Lipinski definition) is 5. The monoisotopic (exact) mass is 461 g/mol. The molecule has 1 aliphatic heterocycles. The number of carbonyl (C=O) groups excluding carboxylic acids is 1. The minimum absolute atomic E-state index is 0.0255. The minimum Gasteiger partial charge on any atom is -0.394 e. The van der Waals surface area contributed by atoms with Crippen molar-refractivity contribution >= 4 is 16.8 Å². The number of pyridine rings is 1. The van der Waals surface area contributed by atoms with Crippen molar-refractivity contribution in [1.82, 2.24) is 14.8 Å². The molecular weight excluding hydrogens is 426 g/mol. The lowest BCUT2D eigenvalue weighted by molar-refractivity contribution is 0.00240. The van der Waals surface area contributed by atoms with Gasteiger partial charge in [0.1, 0.15) is 0 Å². The van der Waals surface area contributed by atoms with E-state index in [1.807, 2.05) is 87.2 Å². The highest BCUT2D eigenvalue weighted by Gasteiger charge is 2.34. The maximum atomic E-state index is 14.3. The molecule has 1 N–H and O–H groups in total. The van der Waals surface area contributed by atoms with Crippen molar-refractivity contribution in [2.45, 2.75) is 45.8 Å². The molecule has 6 nitrogen and oxygen atoms in total. The molecule has 2 aromatic carbocycles. The van der Waals surface area contributed by atoms with Crippen molar-refractivity contribution in [2.24, 2.45) is 0 Å². The number of aromatic nitrogens is 1. The van der Waals surface area contributed by atoms with E-state index in [4.69, 9.17) is 9.72 Å². The molecule has 1 aliphatic rings. The summed E-state index contributed by atoms with van der Waals surface area (Å²) in [6.45, 7) is 10.7. The van der Waals surface area contributed by atoms with Crippen LogP contribution in [0.15, 0.2) is 54.6 Å². The molecule has 0 bridgehead atoms. The van der Waals surface area contributed by atoms with Gasteiger partial charge in [-0.15, -0.1) is 0 Å². The molecule has 1 aromatic heterocycles. The van der Waals surface area contributed by atoms with Crippen LogP contribution in [0.2, 0.25) is 0 Å². The van der Waals surface area contributed by atoms with Gasteiger partial charge in [0.25, 0.3) is 5.91 Å². The molecule has 1 saturated heterocycles. The fourth-order valence-corrected chi connectivity index (χ4v) is 5.07. The highest BCUT2D eigenvalue weighted by molar-refractivity contribution is 6.09. The lowest BCUT2D eigenvalue weighted by atomic mass is 9.90. The molecular formula is C28H35N3O3. The van der Waals surface area contributed by atoms with Crippen LogP contribution in [-0.4, -0.2) is 70.8 Å². The number of rotatable bonds is 7. The van der Waals surface area contributed by atoms with Gasteiger partial charge >= 0.3 is 0 Å². The van der Waals surface area contributed by atoms with E-state index in [0.717, 1.165) is 27.7 Å². The Labute approximate surface area is 202 Å². The van der Waals surface area contributed by atoms with E-state index in [-0.39, 0.29) is 30.6 Å². The first-order valence-corrected chi connectivity index (χ1v) is 12.2. The van der Waals surface area contributed by atoms with Crippen LogP contribution in [0.25, 0.3) is 22.2 Å². The number of carbonyl (C=O) groups is 1. The van der Waals surface area contributed by atoms with Crippen LogP contribution >= 0.6 is 0 Å². The van der Waals surface area contributed by atoms with E-state index >= 15 is 0 Å². The highest BCUT2D eigenvalue weighted by atomic mass is 16.5. The van der Waals surface area contributed by atoms with E-state index in [1.165, 1.54) is 0 Å². The lowest BCUT2D eigenvalue weighted by Crippen LogP contribution is -2.44. The van der Waals surface area contributed by atoms with Gasteiger partial charge in [0.05, 0.1) is 42.6 Å². The number of para-hydroxylation sites is 1. The van der Waals surface area contributed by atoms with Gasteiger partial charge in [0.15, 0.2) is 0 Å². The van der Waals surface area contributed by atoms with Gasteiger partial charge in [0, 0.05) is 41.7 Å². The zero-order valence-corrected chi connectivity index (χ0v) is 20.6. The smallest absolute Gasteiger partial charge is 0.255 e. The average molecular weight is 462 g/mol. The first kappa shape index (κ1) is 24.3. The van der Waals surface area contributed by atoms with E-state index in [0.29, 0.717) is 31.9 Å². The second-order valence-electron chi connectivity index (χ2n) is 9.38. The molecule has 2 heterocycles. The van der Waals surface area contributed by atoms with Crippen molar-refractivity contribution in [3.05, 3.63) is 65.7 Å². The van der Waals surface area contributed by atoms with Crippen LogP contribution in [-0.2, 0) is 4.74 Å². The molecule has 1 fully saturated rings. The number of nitrogens with zero attached hydrogens (tertiary/aromatic N) is 3. The molecule has 34 heavy (non-hydrogen) atoms. The van der Waals surface area contributed by atoms with Gasteiger partial charge in [-0.1, -0.05) is 48.5 Å². The summed E-state index contributed by atoms with van der Waals surface area (Å²) in [5, 5.41) is 11.5. The van der Waals surface area contributed by atoms with Crippen molar-refractivity contribution < 1.29 is 14.6 Å². The van der Waals surface area contributed by atoms with Crippen molar-refractivity contribution in [1.29, 1.82) is 0 Å². The van der Waals surface area contributed by atoms with E-state index in [2.05, 4.69) is 4.90 Å². The number of fused-ring (bicyclic) bond motifs is 1. The van der Waals surface area contributed by atoms with Crippen LogP contribution < -0.4 is 0 Å². The predicted octanol–water partition coefficient (Wildman–Crippen LogP) is 4.53. The van der Waals surface area contributed by atoms with Gasteiger partial charge in [-0.05, 0) is 33.8 Å². The molecule has 1 amide bonds. The maximum Gasteiger partial charge on any atom is 0.255 e. The van der Waals surface area contributed by atoms with Gasteiger partial charge in [-0.25, -0.2) is 4.98 Å². The van der Waals surface area contributed by atoms with Crippen LogP contribution in [0, 0.1) is 0 Å². The van der Waals surface area contributed by atoms with Crippen molar-refractivity contribution in [3.63, 3.8) is 0 Å². The topological polar surface area (TPSA) is 65.9 Å². The molecule has 6 heteroatoms. The number of aliphatic hydroxyl groups is 1. The quantitative estimate of drug-likeness (QED) is 0.560. The van der Waals surface area contributed by atoms with Gasteiger partial charge in [0.2, 0.25) is 0 Å². The summed E-state index contributed by atoms with van der Waals surface area (Å²) in [4.78, 5) is 23.5. The Morgan fingerprint density at radius 1 is 1.00 bits per heavy atom. The molecule has 1 atom stereocenters. The molecule has 3 aromatic rings. The molecule has 0 radical (unpaired) electrons. The maximum absolute atomic E-state index is 14.3. The van der Waals surface area contributed by atoms with Gasteiger partial charge in [-0.3, -0.25) is 9.69 Å². The Morgan fingerprint density at radius 2 is 1.62 bits per heavy atom. The Hall–Kier alpha value is -2.80. The molecule has 4 rings (SSSR count). The normalized spacial score (nSPS) is 15.7. The molecule has 1 unspecified atom stereocenters. The van der Waals surface area contributed by atoms with Crippen LogP contribution in [0.3, 0.4) is 0 Å². The third-order valence-corrected chi connectivity index (χ3v) is 6.53. The third kappa shape index (κ3) is 4.71. The van der Waals surface area contributed by atoms with E-state index in [9.17, 15) is 9.90 Å². The van der Waals surface area contributed by atoms with Crippen LogP contribution in [0.5, 0.6) is 0 Å². The molecule has 0 aliphatic carbocycles. The number of aliphatic hydroxyl groups excluding tert-OH is 1.